The highest BCUT2D eigenvalue weighted by Gasteiger charge is 2.48. The lowest BCUT2D eigenvalue weighted by molar-refractivity contribution is -0.0514. The maximum Gasteiger partial charge on any atom is 0.318 e. The van der Waals surface area contributed by atoms with Crippen LogP contribution >= 0.6 is 0 Å². The Labute approximate surface area is 194 Å². The highest BCUT2D eigenvalue weighted by atomic mass is 19.1. The fourth-order valence-corrected chi connectivity index (χ4v) is 4.98. The summed E-state index contributed by atoms with van der Waals surface area (Å²) in [6.07, 6.45) is 5.68. The number of hydrogen-bond acceptors (Lipinski definition) is 3. The summed E-state index contributed by atoms with van der Waals surface area (Å²) >= 11 is 0. The minimum absolute atomic E-state index is 0.150. The van der Waals surface area contributed by atoms with E-state index in [4.69, 9.17) is 0 Å². The van der Waals surface area contributed by atoms with Crippen LogP contribution in [0.2, 0.25) is 0 Å². The zero-order chi connectivity index (χ0) is 23.4. The molecule has 7 heteroatoms. The Morgan fingerprint density at radius 1 is 1.00 bits per heavy atom. The standard InChI is InChI=1S/C26H32FN3O3/c1-26(33)16-17-30(25(32)28-21-10-6-3-7-11-21)22(18-8-4-2-5-9-18)23(26)29-24(31)19-12-14-20(27)15-13-19/h2,4-5,8-9,12-15,21-23,33H,3,6-7,10-11,16-17H2,1H3,(H,28,32)(H,29,31). The number of halogens is 1. The molecule has 2 fully saturated rings. The number of benzene rings is 2. The van der Waals surface area contributed by atoms with Crippen LogP contribution in [0.3, 0.4) is 0 Å². The monoisotopic (exact) mass is 453 g/mol. The number of hydrogen-bond donors (Lipinski definition) is 3. The molecule has 6 nitrogen and oxygen atoms in total. The Morgan fingerprint density at radius 2 is 1.67 bits per heavy atom. The first-order valence-electron chi connectivity index (χ1n) is 11.8. The molecule has 1 heterocycles. The van der Waals surface area contributed by atoms with Gasteiger partial charge in [0.1, 0.15) is 5.82 Å². The molecule has 1 aliphatic heterocycles. The summed E-state index contributed by atoms with van der Waals surface area (Å²) in [4.78, 5) is 28.1. The Balaban J connectivity index is 1.63. The van der Waals surface area contributed by atoms with Gasteiger partial charge >= 0.3 is 6.03 Å². The number of rotatable bonds is 4. The SMILES string of the molecule is CC1(O)CCN(C(=O)NC2CCCCC2)C(c2ccccc2)C1NC(=O)c1ccc(F)cc1. The highest BCUT2D eigenvalue weighted by Crippen LogP contribution is 2.37. The van der Waals surface area contributed by atoms with Crippen molar-refractivity contribution in [1.82, 2.24) is 15.5 Å². The average molecular weight is 454 g/mol. The van der Waals surface area contributed by atoms with Crippen molar-refractivity contribution in [3.8, 4) is 0 Å². The smallest absolute Gasteiger partial charge is 0.318 e. The number of urea groups is 1. The highest BCUT2D eigenvalue weighted by molar-refractivity contribution is 5.94. The molecule has 2 aromatic rings. The number of carbonyl (C=O) groups is 2. The van der Waals surface area contributed by atoms with Crippen molar-refractivity contribution in [1.29, 1.82) is 0 Å². The molecule has 2 aromatic carbocycles. The van der Waals surface area contributed by atoms with Gasteiger partial charge in [0.25, 0.3) is 5.91 Å². The van der Waals surface area contributed by atoms with E-state index in [1.54, 1.807) is 11.8 Å². The first-order valence-corrected chi connectivity index (χ1v) is 11.8. The van der Waals surface area contributed by atoms with Crippen molar-refractivity contribution in [2.24, 2.45) is 0 Å². The van der Waals surface area contributed by atoms with E-state index in [1.165, 1.54) is 30.7 Å². The van der Waals surface area contributed by atoms with E-state index in [0.717, 1.165) is 31.2 Å². The maximum absolute atomic E-state index is 13.4. The van der Waals surface area contributed by atoms with Gasteiger partial charge in [-0.3, -0.25) is 4.79 Å². The number of likely N-dealkylation sites (tertiary alicyclic amines) is 1. The van der Waals surface area contributed by atoms with Crippen molar-refractivity contribution in [2.75, 3.05) is 6.54 Å². The molecule has 0 radical (unpaired) electrons. The van der Waals surface area contributed by atoms with Crippen LogP contribution in [0.15, 0.2) is 54.6 Å². The molecule has 0 aromatic heterocycles. The summed E-state index contributed by atoms with van der Waals surface area (Å²) in [5, 5.41) is 17.4. The first-order chi connectivity index (χ1) is 15.8. The number of carbonyl (C=O) groups excluding carboxylic acids is 2. The van der Waals surface area contributed by atoms with Crippen LogP contribution < -0.4 is 10.6 Å². The third-order valence-electron chi connectivity index (χ3n) is 6.91. The molecule has 1 saturated carbocycles. The Bertz CT molecular complexity index is 959. The topological polar surface area (TPSA) is 81.7 Å². The van der Waals surface area contributed by atoms with Gasteiger partial charge in [0.05, 0.1) is 17.7 Å². The summed E-state index contributed by atoms with van der Waals surface area (Å²) in [6, 6.07) is 13.4. The second-order valence-electron chi connectivity index (χ2n) is 9.40. The second-order valence-corrected chi connectivity index (χ2v) is 9.40. The van der Waals surface area contributed by atoms with Gasteiger partial charge in [-0.05, 0) is 56.0 Å². The summed E-state index contributed by atoms with van der Waals surface area (Å²) in [5.41, 5.74) is -0.110. The van der Waals surface area contributed by atoms with E-state index in [2.05, 4.69) is 10.6 Å². The fourth-order valence-electron chi connectivity index (χ4n) is 4.98. The van der Waals surface area contributed by atoms with E-state index in [9.17, 15) is 19.1 Å². The molecular weight excluding hydrogens is 421 g/mol. The predicted molar refractivity (Wildman–Crippen MR) is 124 cm³/mol. The number of aliphatic hydroxyl groups is 1. The van der Waals surface area contributed by atoms with Crippen LogP contribution in [0.25, 0.3) is 0 Å². The van der Waals surface area contributed by atoms with Gasteiger partial charge in [-0.1, -0.05) is 49.6 Å². The third-order valence-corrected chi connectivity index (χ3v) is 6.91. The molecule has 1 aliphatic carbocycles. The lowest BCUT2D eigenvalue weighted by Crippen LogP contribution is -2.64. The van der Waals surface area contributed by atoms with Crippen molar-refractivity contribution in [3.05, 3.63) is 71.5 Å². The molecule has 4 rings (SSSR count). The first kappa shape index (κ1) is 23.2. The van der Waals surface area contributed by atoms with Gasteiger partial charge in [0.15, 0.2) is 0 Å². The van der Waals surface area contributed by atoms with Gasteiger partial charge in [0.2, 0.25) is 0 Å². The predicted octanol–water partition coefficient (Wildman–Crippen LogP) is 4.16. The fraction of sp³-hybridized carbons (Fsp3) is 0.462. The normalized spacial score (nSPS) is 26.0. The van der Waals surface area contributed by atoms with Crippen molar-refractivity contribution < 1.29 is 19.1 Å². The summed E-state index contributed by atoms with van der Waals surface area (Å²) in [6.45, 7) is 2.06. The molecule has 33 heavy (non-hydrogen) atoms. The average Bonchev–Trinajstić information content (AvgIpc) is 2.81. The van der Waals surface area contributed by atoms with Gasteiger partial charge in [-0.25, -0.2) is 9.18 Å². The molecular formula is C26H32FN3O3. The van der Waals surface area contributed by atoms with Crippen molar-refractivity contribution in [3.63, 3.8) is 0 Å². The van der Waals surface area contributed by atoms with E-state index >= 15 is 0 Å². The molecule has 0 bridgehead atoms. The van der Waals surface area contributed by atoms with E-state index in [-0.39, 0.29) is 12.1 Å². The van der Waals surface area contributed by atoms with Crippen LogP contribution in [0.4, 0.5) is 9.18 Å². The van der Waals surface area contributed by atoms with E-state index in [0.29, 0.717) is 18.5 Å². The number of nitrogens with one attached hydrogen (secondary N) is 2. The Kier molecular flexibility index (Phi) is 6.98. The maximum atomic E-state index is 13.4. The third kappa shape index (κ3) is 5.36. The van der Waals surface area contributed by atoms with E-state index < -0.39 is 29.4 Å². The number of amides is 3. The van der Waals surface area contributed by atoms with Crippen molar-refractivity contribution in [2.45, 2.75) is 69.2 Å². The molecule has 3 atom stereocenters. The Morgan fingerprint density at radius 3 is 2.33 bits per heavy atom. The Hall–Kier alpha value is -2.93. The van der Waals surface area contributed by atoms with Gasteiger partial charge < -0.3 is 20.6 Å². The second kappa shape index (κ2) is 9.91. The summed E-state index contributed by atoms with van der Waals surface area (Å²) in [7, 11) is 0. The largest absolute Gasteiger partial charge is 0.388 e. The molecule has 3 N–H and O–H groups in total. The van der Waals surface area contributed by atoms with Crippen LogP contribution in [-0.2, 0) is 0 Å². The lowest BCUT2D eigenvalue weighted by Gasteiger charge is -2.49. The zero-order valence-corrected chi connectivity index (χ0v) is 19.0. The van der Waals surface area contributed by atoms with Crippen molar-refractivity contribution >= 4 is 11.9 Å². The molecule has 0 spiro atoms. The van der Waals surface area contributed by atoms with Crippen LogP contribution in [0.5, 0.6) is 0 Å². The minimum Gasteiger partial charge on any atom is -0.388 e. The summed E-state index contributed by atoms with van der Waals surface area (Å²) in [5.74, 6) is -0.848. The molecule has 176 valence electrons. The van der Waals surface area contributed by atoms with Crippen LogP contribution in [0.1, 0.15) is 67.4 Å². The van der Waals surface area contributed by atoms with Gasteiger partial charge in [-0.15, -0.1) is 0 Å². The lowest BCUT2D eigenvalue weighted by atomic mass is 9.79. The van der Waals surface area contributed by atoms with Crippen LogP contribution in [0, 0.1) is 5.82 Å². The van der Waals surface area contributed by atoms with Crippen LogP contribution in [-0.4, -0.2) is 46.2 Å². The van der Waals surface area contributed by atoms with Gasteiger partial charge in [0, 0.05) is 18.2 Å². The zero-order valence-electron chi connectivity index (χ0n) is 19.0. The molecule has 1 saturated heterocycles. The minimum atomic E-state index is -1.24. The molecule has 2 aliphatic rings. The quantitative estimate of drug-likeness (QED) is 0.650. The number of nitrogens with zero attached hydrogens (tertiary/aromatic N) is 1. The van der Waals surface area contributed by atoms with E-state index in [1.807, 2.05) is 30.3 Å². The number of piperidine rings is 1. The molecule has 3 amide bonds. The summed E-state index contributed by atoms with van der Waals surface area (Å²) < 4.78 is 13.3. The van der Waals surface area contributed by atoms with Gasteiger partial charge in [-0.2, -0.15) is 0 Å². The molecule has 3 unspecified atom stereocenters.